The number of benzene rings is 2. The van der Waals surface area contributed by atoms with Crippen LogP contribution < -0.4 is 4.74 Å². The zero-order chi connectivity index (χ0) is 13.1. The molecule has 0 saturated heterocycles. The van der Waals surface area contributed by atoms with Crippen molar-refractivity contribution in [3.05, 3.63) is 60.8 Å². The van der Waals surface area contributed by atoms with E-state index >= 15 is 0 Å². The number of hydrogen-bond acceptors (Lipinski definition) is 3. The third kappa shape index (κ3) is 2.20. The average Bonchev–Trinajstić information content (AvgIpc) is 2.98. The molecule has 0 aliphatic heterocycles. The topological polar surface area (TPSA) is 39.9 Å². The van der Waals surface area contributed by atoms with Crippen molar-refractivity contribution in [3.8, 4) is 22.7 Å². The smallest absolute Gasteiger partial charge is 0.121 e. The summed E-state index contributed by atoms with van der Waals surface area (Å²) in [5.74, 6) is 0.798. The Morgan fingerprint density at radius 1 is 1.00 bits per heavy atom. The fourth-order valence-corrected chi connectivity index (χ4v) is 1.97. The molecule has 4 nitrogen and oxygen atoms in total. The van der Waals surface area contributed by atoms with E-state index in [0.29, 0.717) is 0 Å². The minimum absolute atomic E-state index is 0.798. The molecule has 0 N–H and O–H groups in total. The lowest BCUT2D eigenvalue weighted by atomic mass is 10.1. The zero-order valence-electron chi connectivity index (χ0n) is 10.5. The van der Waals surface area contributed by atoms with Gasteiger partial charge in [-0.25, -0.2) is 4.68 Å². The van der Waals surface area contributed by atoms with Gasteiger partial charge in [0, 0.05) is 11.6 Å². The van der Waals surface area contributed by atoms with Crippen LogP contribution >= 0.6 is 0 Å². The highest BCUT2D eigenvalue weighted by atomic mass is 16.5. The van der Waals surface area contributed by atoms with Crippen LogP contribution in [-0.2, 0) is 0 Å². The number of aromatic nitrogens is 3. The Labute approximate surface area is 111 Å². The highest BCUT2D eigenvalue weighted by Gasteiger charge is 2.08. The summed E-state index contributed by atoms with van der Waals surface area (Å²) in [5.41, 5.74) is 2.96. The summed E-state index contributed by atoms with van der Waals surface area (Å²) in [6, 6.07) is 17.8. The van der Waals surface area contributed by atoms with Crippen LogP contribution in [0.3, 0.4) is 0 Å². The van der Waals surface area contributed by atoms with Gasteiger partial charge in [0.15, 0.2) is 0 Å². The molecule has 0 atom stereocenters. The molecule has 1 heterocycles. The highest BCUT2D eigenvalue weighted by Crippen LogP contribution is 2.23. The van der Waals surface area contributed by atoms with E-state index in [1.807, 2.05) is 54.6 Å². The van der Waals surface area contributed by atoms with Crippen LogP contribution in [0.15, 0.2) is 60.8 Å². The molecule has 0 aliphatic rings. The van der Waals surface area contributed by atoms with E-state index in [1.165, 1.54) is 0 Å². The van der Waals surface area contributed by atoms with Crippen LogP contribution in [0, 0.1) is 0 Å². The standard InChI is InChI=1S/C15H13N3O/c1-19-14-9-5-8-13(10-14)18-15(11-16-17-18)12-6-3-2-4-7-12/h2-11H,1H3. The lowest BCUT2D eigenvalue weighted by molar-refractivity contribution is 0.414. The third-order valence-corrected chi connectivity index (χ3v) is 2.92. The van der Waals surface area contributed by atoms with Gasteiger partial charge in [-0.1, -0.05) is 41.6 Å². The quantitative estimate of drug-likeness (QED) is 0.718. The van der Waals surface area contributed by atoms with Gasteiger partial charge in [0.05, 0.1) is 24.7 Å². The summed E-state index contributed by atoms with van der Waals surface area (Å²) in [4.78, 5) is 0. The van der Waals surface area contributed by atoms with Gasteiger partial charge in [0.2, 0.25) is 0 Å². The van der Waals surface area contributed by atoms with Crippen LogP contribution in [0.5, 0.6) is 5.75 Å². The lowest BCUT2D eigenvalue weighted by Crippen LogP contribution is -1.99. The first kappa shape index (κ1) is 11.5. The Balaban J connectivity index is 2.09. The van der Waals surface area contributed by atoms with E-state index in [-0.39, 0.29) is 0 Å². The Morgan fingerprint density at radius 2 is 1.84 bits per heavy atom. The lowest BCUT2D eigenvalue weighted by Gasteiger charge is -2.07. The first-order valence-corrected chi connectivity index (χ1v) is 5.99. The molecule has 4 heteroatoms. The average molecular weight is 251 g/mol. The van der Waals surface area contributed by atoms with Crippen LogP contribution in [0.25, 0.3) is 16.9 Å². The maximum absolute atomic E-state index is 5.24. The molecule has 19 heavy (non-hydrogen) atoms. The Hall–Kier alpha value is -2.62. The van der Waals surface area contributed by atoms with Crippen LogP contribution in [-0.4, -0.2) is 22.1 Å². The zero-order valence-corrected chi connectivity index (χ0v) is 10.5. The van der Waals surface area contributed by atoms with Crippen molar-refractivity contribution in [3.63, 3.8) is 0 Å². The summed E-state index contributed by atoms with van der Waals surface area (Å²) in [6.45, 7) is 0. The number of nitrogens with zero attached hydrogens (tertiary/aromatic N) is 3. The maximum Gasteiger partial charge on any atom is 0.121 e. The van der Waals surface area contributed by atoms with Crippen molar-refractivity contribution in [1.82, 2.24) is 15.0 Å². The van der Waals surface area contributed by atoms with E-state index in [9.17, 15) is 0 Å². The largest absolute Gasteiger partial charge is 0.497 e. The van der Waals surface area contributed by atoms with Crippen LogP contribution in [0.1, 0.15) is 0 Å². The highest BCUT2D eigenvalue weighted by molar-refractivity contribution is 5.61. The molecule has 0 bridgehead atoms. The first-order valence-electron chi connectivity index (χ1n) is 5.99. The van der Waals surface area contributed by atoms with E-state index < -0.39 is 0 Å². The third-order valence-electron chi connectivity index (χ3n) is 2.92. The summed E-state index contributed by atoms with van der Waals surface area (Å²) in [7, 11) is 1.65. The van der Waals surface area contributed by atoms with Gasteiger partial charge in [0.25, 0.3) is 0 Å². The van der Waals surface area contributed by atoms with E-state index in [2.05, 4.69) is 10.3 Å². The number of hydrogen-bond donors (Lipinski definition) is 0. The second-order valence-corrected chi connectivity index (χ2v) is 4.10. The molecule has 0 spiro atoms. The molecule has 0 amide bonds. The predicted octanol–water partition coefficient (Wildman–Crippen LogP) is 2.94. The predicted molar refractivity (Wildman–Crippen MR) is 73.3 cm³/mol. The van der Waals surface area contributed by atoms with Gasteiger partial charge in [-0.05, 0) is 12.1 Å². The second kappa shape index (κ2) is 4.94. The molecule has 3 aromatic rings. The fourth-order valence-electron chi connectivity index (χ4n) is 1.97. The molecule has 1 aromatic heterocycles. The van der Waals surface area contributed by atoms with E-state index in [4.69, 9.17) is 4.74 Å². The Morgan fingerprint density at radius 3 is 2.63 bits per heavy atom. The monoisotopic (exact) mass is 251 g/mol. The van der Waals surface area contributed by atoms with Gasteiger partial charge < -0.3 is 4.74 Å². The molecular weight excluding hydrogens is 238 g/mol. The van der Waals surface area contributed by atoms with Gasteiger partial charge in [-0.2, -0.15) is 0 Å². The molecule has 2 aromatic carbocycles. The molecule has 3 rings (SSSR count). The normalized spacial score (nSPS) is 10.4. The summed E-state index contributed by atoms with van der Waals surface area (Å²) in [5, 5.41) is 8.15. The van der Waals surface area contributed by atoms with Crippen molar-refractivity contribution in [2.45, 2.75) is 0 Å². The first-order chi connectivity index (χ1) is 9.38. The number of ether oxygens (including phenoxy) is 1. The number of rotatable bonds is 3. The van der Waals surface area contributed by atoms with E-state index in [1.54, 1.807) is 18.0 Å². The second-order valence-electron chi connectivity index (χ2n) is 4.10. The Bertz CT molecular complexity index is 677. The summed E-state index contributed by atoms with van der Waals surface area (Å²) in [6.07, 6.45) is 1.76. The molecule has 94 valence electrons. The van der Waals surface area contributed by atoms with Crippen LogP contribution in [0.4, 0.5) is 0 Å². The Kier molecular flexibility index (Phi) is 2.98. The van der Waals surface area contributed by atoms with Gasteiger partial charge in [-0.3, -0.25) is 0 Å². The minimum Gasteiger partial charge on any atom is -0.497 e. The van der Waals surface area contributed by atoms with E-state index in [0.717, 1.165) is 22.7 Å². The fraction of sp³-hybridized carbons (Fsp3) is 0.0667. The molecule has 0 saturated carbocycles. The van der Waals surface area contributed by atoms with Gasteiger partial charge >= 0.3 is 0 Å². The molecule has 0 fully saturated rings. The number of methoxy groups -OCH3 is 1. The van der Waals surface area contributed by atoms with Crippen LogP contribution in [0.2, 0.25) is 0 Å². The molecule has 0 unspecified atom stereocenters. The summed E-state index contributed by atoms with van der Waals surface area (Å²) < 4.78 is 7.04. The molecular formula is C15H13N3O. The molecule has 0 aliphatic carbocycles. The van der Waals surface area contributed by atoms with Crippen molar-refractivity contribution in [2.75, 3.05) is 7.11 Å². The molecule has 0 radical (unpaired) electrons. The van der Waals surface area contributed by atoms with Crippen molar-refractivity contribution in [1.29, 1.82) is 0 Å². The maximum atomic E-state index is 5.24. The van der Waals surface area contributed by atoms with Crippen molar-refractivity contribution >= 4 is 0 Å². The van der Waals surface area contributed by atoms with Crippen molar-refractivity contribution in [2.24, 2.45) is 0 Å². The van der Waals surface area contributed by atoms with Gasteiger partial charge in [-0.15, -0.1) is 5.10 Å². The minimum atomic E-state index is 0.798. The summed E-state index contributed by atoms with van der Waals surface area (Å²) >= 11 is 0. The van der Waals surface area contributed by atoms with Gasteiger partial charge in [0.1, 0.15) is 5.75 Å². The SMILES string of the molecule is COc1cccc(-n2nncc2-c2ccccc2)c1. The van der Waals surface area contributed by atoms with Crippen molar-refractivity contribution < 1.29 is 4.74 Å².